The van der Waals surface area contributed by atoms with Crippen LogP contribution in [0.3, 0.4) is 0 Å². The van der Waals surface area contributed by atoms with E-state index in [1.165, 1.54) is 23.7 Å². The fourth-order valence-electron chi connectivity index (χ4n) is 2.93. The van der Waals surface area contributed by atoms with Crippen molar-refractivity contribution in [2.45, 2.75) is 12.3 Å². The van der Waals surface area contributed by atoms with Gasteiger partial charge in [-0.15, -0.1) is 0 Å². The molecule has 6 heteroatoms. The molecule has 24 heavy (non-hydrogen) atoms. The van der Waals surface area contributed by atoms with Gasteiger partial charge in [-0.3, -0.25) is 4.79 Å². The molecule has 1 N–H and O–H groups in total. The summed E-state index contributed by atoms with van der Waals surface area (Å²) in [5.74, 6) is -0.432. The number of rotatable bonds is 2. The van der Waals surface area contributed by atoms with Crippen LogP contribution < -0.4 is 5.32 Å². The molecule has 0 fully saturated rings. The molecule has 0 aliphatic carbocycles. The van der Waals surface area contributed by atoms with Crippen LogP contribution in [0.15, 0.2) is 48.5 Å². The lowest BCUT2D eigenvalue weighted by atomic mass is 9.89. The van der Waals surface area contributed by atoms with Crippen LogP contribution in [0.4, 0.5) is 10.1 Å². The number of anilines is 1. The van der Waals surface area contributed by atoms with Crippen molar-refractivity contribution in [1.29, 1.82) is 0 Å². The number of hydrogen-bond acceptors (Lipinski definition) is 3. The van der Waals surface area contributed by atoms with Crippen LogP contribution in [0.25, 0.3) is 11.3 Å². The Morgan fingerprint density at radius 1 is 1.21 bits per heavy atom. The maximum Gasteiger partial charge on any atom is 0.225 e. The summed E-state index contributed by atoms with van der Waals surface area (Å²) in [7, 11) is 0. The highest BCUT2D eigenvalue weighted by atomic mass is 35.5. The summed E-state index contributed by atoms with van der Waals surface area (Å²) in [6.45, 7) is 0. The van der Waals surface area contributed by atoms with E-state index in [2.05, 4.69) is 9.69 Å². The molecule has 2 heterocycles. The van der Waals surface area contributed by atoms with E-state index in [-0.39, 0.29) is 17.6 Å². The second-order valence-electron chi connectivity index (χ2n) is 5.64. The van der Waals surface area contributed by atoms with Gasteiger partial charge in [0.2, 0.25) is 5.91 Å². The van der Waals surface area contributed by atoms with Crippen molar-refractivity contribution in [3.05, 3.63) is 69.8 Å². The first kappa shape index (κ1) is 15.3. The molecule has 0 saturated carbocycles. The maximum atomic E-state index is 13.2. The maximum absolute atomic E-state index is 13.2. The number of nitrogens with one attached hydrogen (secondary N) is 1. The minimum absolute atomic E-state index is 0.0592. The minimum Gasteiger partial charge on any atom is -0.323 e. The Morgan fingerprint density at radius 3 is 2.75 bits per heavy atom. The smallest absolute Gasteiger partial charge is 0.225 e. The average molecular weight is 359 g/mol. The molecule has 0 radical (unpaired) electrons. The number of benzene rings is 2. The van der Waals surface area contributed by atoms with E-state index >= 15 is 0 Å². The van der Waals surface area contributed by atoms with Gasteiger partial charge in [0, 0.05) is 22.9 Å². The molecule has 0 spiro atoms. The molecule has 1 atom stereocenters. The summed E-state index contributed by atoms with van der Waals surface area (Å²) in [5, 5.41) is 3.56. The molecule has 1 aliphatic rings. The molecule has 3 aromatic rings. The summed E-state index contributed by atoms with van der Waals surface area (Å²) in [6.07, 6.45) is 0.360. The summed E-state index contributed by atoms with van der Waals surface area (Å²) < 4.78 is 17.7. The Balaban J connectivity index is 1.81. The normalized spacial score (nSPS) is 16.6. The van der Waals surface area contributed by atoms with Crippen molar-refractivity contribution in [3.8, 4) is 11.3 Å². The third kappa shape index (κ3) is 2.70. The Labute approximate surface area is 147 Å². The van der Waals surface area contributed by atoms with Gasteiger partial charge in [0.15, 0.2) is 0 Å². The van der Waals surface area contributed by atoms with Crippen molar-refractivity contribution in [2.75, 3.05) is 5.32 Å². The number of carbonyl (C=O) groups is 1. The lowest BCUT2D eigenvalue weighted by Crippen LogP contribution is -2.22. The molecule has 4 rings (SSSR count). The van der Waals surface area contributed by atoms with E-state index < -0.39 is 0 Å². The van der Waals surface area contributed by atoms with Crippen LogP contribution in [0.2, 0.25) is 5.02 Å². The van der Waals surface area contributed by atoms with E-state index in [1.54, 1.807) is 12.1 Å². The Bertz CT molecular complexity index is 923. The SMILES string of the molecule is O=C1C[C@H](c2cccc(Cl)c2)c2snc(-c3ccc(F)cc3)c2N1. The van der Waals surface area contributed by atoms with E-state index in [0.29, 0.717) is 22.8 Å². The van der Waals surface area contributed by atoms with E-state index in [4.69, 9.17) is 11.6 Å². The van der Waals surface area contributed by atoms with Crippen molar-refractivity contribution in [1.82, 2.24) is 4.37 Å². The molecule has 120 valence electrons. The van der Waals surface area contributed by atoms with Gasteiger partial charge in [-0.1, -0.05) is 23.7 Å². The molecule has 0 unspecified atom stereocenters. The van der Waals surface area contributed by atoms with Crippen LogP contribution >= 0.6 is 23.1 Å². The number of hydrogen-bond donors (Lipinski definition) is 1. The molecule has 1 aromatic heterocycles. The number of halogens is 2. The zero-order chi connectivity index (χ0) is 16.7. The summed E-state index contributed by atoms with van der Waals surface area (Å²) >= 11 is 7.46. The first-order valence-electron chi connectivity index (χ1n) is 7.42. The lowest BCUT2D eigenvalue weighted by molar-refractivity contribution is -0.116. The number of amides is 1. The second-order valence-corrected chi connectivity index (χ2v) is 6.88. The molecule has 1 amide bonds. The number of nitrogens with zero attached hydrogens (tertiary/aromatic N) is 1. The highest BCUT2D eigenvalue weighted by Gasteiger charge is 2.31. The third-order valence-electron chi connectivity index (χ3n) is 4.06. The third-order valence-corrected chi connectivity index (χ3v) is 5.25. The number of aromatic nitrogens is 1. The molecule has 0 saturated heterocycles. The Hall–Kier alpha value is -2.24. The van der Waals surface area contributed by atoms with Gasteiger partial charge in [0.05, 0.1) is 10.6 Å². The zero-order valence-corrected chi connectivity index (χ0v) is 14.0. The van der Waals surface area contributed by atoms with Gasteiger partial charge in [0.1, 0.15) is 11.5 Å². The monoisotopic (exact) mass is 358 g/mol. The predicted molar refractivity (Wildman–Crippen MR) is 94.0 cm³/mol. The second kappa shape index (κ2) is 6.00. The predicted octanol–water partition coefficient (Wildman–Crippen LogP) is 5.08. The molecular weight excluding hydrogens is 347 g/mol. The Morgan fingerprint density at radius 2 is 2.00 bits per heavy atom. The largest absolute Gasteiger partial charge is 0.323 e. The van der Waals surface area contributed by atoms with Gasteiger partial charge >= 0.3 is 0 Å². The minimum atomic E-state index is -0.302. The van der Waals surface area contributed by atoms with E-state index in [1.807, 2.05) is 24.3 Å². The van der Waals surface area contributed by atoms with Gasteiger partial charge in [0.25, 0.3) is 0 Å². The Kier molecular flexibility index (Phi) is 3.82. The summed E-state index contributed by atoms with van der Waals surface area (Å²) in [6, 6.07) is 13.7. The molecule has 2 aromatic carbocycles. The highest BCUT2D eigenvalue weighted by molar-refractivity contribution is 7.07. The number of carbonyl (C=O) groups excluding carboxylic acids is 1. The van der Waals surface area contributed by atoms with Crippen LogP contribution in [0.5, 0.6) is 0 Å². The van der Waals surface area contributed by atoms with Crippen LogP contribution in [0.1, 0.15) is 22.8 Å². The van der Waals surface area contributed by atoms with E-state index in [0.717, 1.165) is 16.0 Å². The molecule has 1 aliphatic heterocycles. The van der Waals surface area contributed by atoms with Gasteiger partial charge in [-0.25, -0.2) is 4.39 Å². The highest BCUT2D eigenvalue weighted by Crippen LogP contribution is 2.44. The van der Waals surface area contributed by atoms with Crippen molar-refractivity contribution in [2.24, 2.45) is 0 Å². The number of fused-ring (bicyclic) bond motifs is 1. The van der Waals surface area contributed by atoms with Gasteiger partial charge in [-0.2, -0.15) is 4.37 Å². The molecule has 0 bridgehead atoms. The first-order chi connectivity index (χ1) is 11.6. The fraction of sp³-hybridized carbons (Fsp3) is 0.111. The lowest BCUT2D eigenvalue weighted by Gasteiger charge is -2.23. The molecular formula is C18H12ClFN2OS. The summed E-state index contributed by atoms with van der Waals surface area (Å²) in [5.41, 5.74) is 3.16. The fourth-order valence-corrected chi connectivity index (χ4v) is 4.10. The van der Waals surface area contributed by atoms with Crippen LogP contribution in [-0.4, -0.2) is 10.3 Å². The van der Waals surface area contributed by atoms with Crippen LogP contribution in [-0.2, 0) is 4.79 Å². The zero-order valence-electron chi connectivity index (χ0n) is 12.4. The first-order valence-corrected chi connectivity index (χ1v) is 8.58. The van der Waals surface area contributed by atoms with Crippen LogP contribution in [0, 0.1) is 5.82 Å². The van der Waals surface area contributed by atoms with Crippen molar-refractivity contribution in [3.63, 3.8) is 0 Å². The van der Waals surface area contributed by atoms with Gasteiger partial charge in [-0.05, 0) is 53.5 Å². The topological polar surface area (TPSA) is 42.0 Å². The quantitative estimate of drug-likeness (QED) is 0.694. The van der Waals surface area contributed by atoms with Crippen molar-refractivity contribution >= 4 is 34.7 Å². The van der Waals surface area contributed by atoms with Crippen molar-refractivity contribution < 1.29 is 9.18 Å². The summed E-state index contributed by atoms with van der Waals surface area (Å²) in [4.78, 5) is 13.2. The standard InChI is InChI=1S/C18H12ClFN2OS/c19-12-3-1-2-11(8-12)14-9-15(23)21-17-16(22-24-18(14)17)10-4-6-13(20)7-5-10/h1-8,14H,9H2,(H,21,23)/t14-/m1/s1. The van der Waals surface area contributed by atoms with Gasteiger partial charge < -0.3 is 5.32 Å². The molecule has 3 nitrogen and oxygen atoms in total. The van der Waals surface area contributed by atoms with E-state index in [9.17, 15) is 9.18 Å². The average Bonchev–Trinajstić information content (AvgIpc) is 2.98.